The summed E-state index contributed by atoms with van der Waals surface area (Å²) in [5.74, 6) is 0. The van der Waals surface area contributed by atoms with E-state index in [1.165, 1.54) is 10.4 Å². The summed E-state index contributed by atoms with van der Waals surface area (Å²) < 4.78 is 6.89. The van der Waals surface area contributed by atoms with E-state index >= 15 is 0 Å². The van der Waals surface area contributed by atoms with Crippen LogP contribution in [0.3, 0.4) is 0 Å². The molecule has 0 saturated carbocycles. The van der Waals surface area contributed by atoms with Crippen LogP contribution in [-0.2, 0) is 9.22 Å². The SMILES string of the molecule is CC(C)(C)[Si](OC1C=CC=C1C=O)(c1ccccc1)c1ccccc1. The third-order valence-electron chi connectivity index (χ3n) is 4.76. The lowest BCUT2D eigenvalue weighted by Crippen LogP contribution is -2.67. The molecule has 0 N–H and O–H groups in total. The topological polar surface area (TPSA) is 26.3 Å². The number of aldehydes is 1. The van der Waals surface area contributed by atoms with Gasteiger partial charge in [0, 0.05) is 5.57 Å². The molecular formula is C22H24O2Si. The smallest absolute Gasteiger partial charge is 0.262 e. The van der Waals surface area contributed by atoms with Gasteiger partial charge < -0.3 is 4.43 Å². The second-order valence-electron chi connectivity index (χ2n) is 7.37. The van der Waals surface area contributed by atoms with E-state index in [-0.39, 0.29) is 11.1 Å². The second kappa shape index (κ2) is 6.94. The van der Waals surface area contributed by atoms with Gasteiger partial charge >= 0.3 is 0 Å². The fraction of sp³-hybridized carbons (Fsp3) is 0.227. The van der Waals surface area contributed by atoms with Gasteiger partial charge in [-0.2, -0.15) is 0 Å². The Kier molecular flexibility index (Phi) is 4.88. The van der Waals surface area contributed by atoms with E-state index in [1.807, 2.05) is 30.4 Å². The minimum absolute atomic E-state index is 0.0971. The maximum Gasteiger partial charge on any atom is 0.262 e. The van der Waals surface area contributed by atoms with Gasteiger partial charge in [-0.25, -0.2) is 0 Å². The summed E-state index contributed by atoms with van der Waals surface area (Å²) in [4.78, 5) is 11.5. The minimum Gasteiger partial charge on any atom is -0.397 e. The zero-order valence-electron chi connectivity index (χ0n) is 15.0. The summed E-state index contributed by atoms with van der Waals surface area (Å²) in [6.45, 7) is 6.71. The van der Waals surface area contributed by atoms with Crippen LogP contribution in [0.2, 0.25) is 5.04 Å². The maximum atomic E-state index is 11.5. The standard InChI is InChI=1S/C22H24O2Si/c1-22(2,3)25(19-12-6-4-7-13-19,20-14-8-5-9-15-20)24-21-16-10-11-18(21)17-23/h4-17,21H,1-3H3. The van der Waals surface area contributed by atoms with Crippen molar-refractivity contribution in [2.24, 2.45) is 0 Å². The largest absolute Gasteiger partial charge is 0.397 e. The molecule has 0 amide bonds. The van der Waals surface area contributed by atoms with Gasteiger partial charge in [0.2, 0.25) is 0 Å². The first-order valence-corrected chi connectivity index (χ1v) is 10.5. The lowest BCUT2D eigenvalue weighted by molar-refractivity contribution is -0.105. The second-order valence-corrected chi connectivity index (χ2v) is 11.6. The fourth-order valence-electron chi connectivity index (χ4n) is 3.57. The van der Waals surface area contributed by atoms with Crippen LogP contribution in [0.25, 0.3) is 0 Å². The van der Waals surface area contributed by atoms with Gasteiger partial charge in [-0.15, -0.1) is 0 Å². The number of carbonyl (C=O) groups excluding carboxylic acids is 1. The normalized spacial score (nSPS) is 17.4. The summed E-state index contributed by atoms with van der Waals surface area (Å²) in [6.07, 6.45) is 6.34. The summed E-state index contributed by atoms with van der Waals surface area (Å²) in [6, 6.07) is 21.0. The summed E-state index contributed by atoms with van der Waals surface area (Å²) in [7, 11) is -2.62. The molecule has 1 aliphatic rings. The highest BCUT2D eigenvalue weighted by Gasteiger charge is 2.51. The Morgan fingerprint density at radius 2 is 1.44 bits per heavy atom. The third-order valence-corrected chi connectivity index (χ3v) is 9.77. The Balaban J connectivity index is 2.21. The van der Waals surface area contributed by atoms with E-state index in [0.717, 1.165) is 6.29 Å². The van der Waals surface area contributed by atoms with Gasteiger partial charge in [-0.3, -0.25) is 4.79 Å². The molecule has 0 fully saturated rings. The van der Waals surface area contributed by atoms with E-state index in [1.54, 1.807) is 0 Å². The molecule has 1 unspecified atom stereocenters. The van der Waals surface area contributed by atoms with Gasteiger partial charge in [-0.05, 0) is 15.4 Å². The number of allylic oxidation sites excluding steroid dienone is 2. The predicted octanol–water partition coefficient (Wildman–Crippen LogP) is 3.63. The molecule has 3 rings (SSSR count). The van der Waals surface area contributed by atoms with Crippen LogP contribution in [0.5, 0.6) is 0 Å². The van der Waals surface area contributed by atoms with Gasteiger partial charge in [0.1, 0.15) is 6.29 Å². The fourth-order valence-corrected chi connectivity index (χ4v) is 8.18. The monoisotopic (exact) mass is 348 g/mol. The molecule has 0 aliphatic heterocycles. The van der Waals surface area contributed by atoms with E-state index in [4.69, 9.17) is 4.43 Å². The molecular weight excluding hydrogens is 324 g/mol. The van der Waals surface area contributed by atoms with Crippen LogP contribution in [0.1, 0.15) is 20.8 Å². The molecule has 1 atom stereocenters. The zero-order valence-corrected chi connectivity index (χ0v) is 16.0. The maximum absolute atomic E-state index is 11.5. The van der Waals surface area contributed by atoms with Crippen LogP contribution in [0.15, 0.2) is 84.5 Å². The van der Waals surface area contributed by atoms with E-state index in [2.05, 4.69) is 69.3 Å². The Morgan fingerprint density at radius 1 is 0.920 bits per heavy atom. The van der Waals surface area contributed by atoms with Crippen LogP contribution >= 0.6 is 0 Å². The minimum atomic E-state index is -2.62. The third kappa shape index (κ3) is 3.17. The van der Waals surface area contributed by atoms with Gasteiger partial charge in [0.15, 0.2) is 0 Å². The average Bonchev–Trinajstić information content (AvgIpc) is 3.07. The summed E-state index contributed by atoms with van der Waals surface area (Å²) in [5.41, 5.74) is 0.688. The highest BCUT2D eigenvalue weighted by Crippen LogP contribution is 2.38. The predicted molar refractivity (Wildman–Crippen MR) is 106 cm³/mol. The molecule has 0 saturated heterocycles. The van der Waals surface area contributed by atoms with Crippen LogP contribution in [-0.4, -0.2) is 20.7 Å². The molecule has 0 aromatic heterocycles. The first-order chi connectivity index (χ1) is 12.0. The number of rotatable bonds is 5. The van der Waals surface area contributed by atoms with Gasteiger partial charge in [-0.1, -0.05) is 99.7 Å². The first-order valence-electron chi connectivity index (χ1n) is 8.61. The molecule has 3 heteroatoms. The Morgan fingerprint density at radius 3 is 1.88 bits per heavy atom. The van der Waals surface area contributed by atoms with E-state index in [0.29, 0.717) is 5.57 Å². The molecule has 128 valence electrons. The number of carbonyl (C=O) groups is 1. The van der Waals surface area contributed by atoms with Crippen molar-refractivity contribution < 1.29 is 9.22 Å². The molecule has 2 aromatic rings. The zero-order chi connectivity index (χ0) is 17.9. The summed E-state index contributed by atoms with van der Waals surface area (Å²) >= 11 is 0. The number of benzene rings is 2. The van der Waals surface area contributed by atoms with Crippen molar-refractivity contribution in [2.75, 3.05) is 0 Å². The van der Waals surface area contributed by atoms with Crippen molar-refractivity contribution in [2.45, 2.75) is 31.9 Å². The summed E-state index contributed by atoms with van der Waals surface area (Å²) in [5, 5.41) is 2.35. The van der Waals surface area contributed by atoms with Crippen molar-refractivity contribution in [3.05, 3.63) is 84.5 Å². The highest BCUT2D eigenvalue weighted by molar-refractivity contribution is 6.99. The molecule has 1 aliphatic carbocycles. The van der Waals surface area contributed by atoms with Crippen molar-refractivity contribution in [1.29, 1.82) is 0 Å². The van der Waals surface area contributed by atoms with Crippen LogP contribution in [0, 0.1) is 0 Å². The van der Waals surface area contributed by atoms with E-state index < -0.39 is 8.32 Å². The highest BCUT2D eigenvalue weighted by atomic mass is 28.4. The van der Waals surface area contributed by atoms with Crippen molar-refractivity contribution in [3.63, 3.8) is 0 Å². The van der Waals surface area contributed by atoms with Crippen molar-refractivity contribution >= 4 is 25.0 Å². The number of hydrogen-bond acceptors (Lipinski definition) is 2. The molecule has 2 nitrogen and oxygen atoms in total. The molecule has 2 aromatic carbocycles. The molecule has 0 heterocycles. The van der Waals surface area contributed by atoms with Crippen LogP contribution < -0.4 is 10.4 Å². The molecule has 0 spiro atoms. The average molecular weight is 349 g/mol. The lowest BCUT2D eigenvalue weighted by Gasteiger charge is -2.44. The Labute approximate surface area is 151 Å². The lowest BCUT2D eigenvalue weighted by atomic mass is 10.2. The van der Waals surface area contributed by atoms with E-state index in [9.17, 15) is 4.79 Å². The molecule has 25 heavy (non-hydrogen) atoms. The van der Waals surface area contributed by atoms with Gasteiger partial charge in [0.05, 0.1) is 6.10 Å². The molecule has 0 bridgehead atoms. The quantitative estimate of drug-likeness (QED) is 0.609. The van der Waals surface area contributed by atoms with Crippen LogP contribution in [0.4, 0.5) is 0 Å². The van der Waals surface area contributed by atoms with Crippen molar-refractivity contribution in [1.82, 2.24) is 0 Å². The van der Waals surface area contributed by atoms with Gasteiger partial charge in [0.25, 0.3) is 8.32 Å². The number of hydrogen-bond donors (Lipinski definition) is 0. The Bertz CT molecular complexity index is 746. The Hall–Kier alpha value is -2.23. The van der Waals surface area contributed by atoms with Crippen molar-refractivity contribution in [3.8, 4) is 0 Å². The first kappa shape index (κ1) is 17.6. The molecule has 0 radical (unpaired) electrons.